The Labute approximate surface area is 99.9 Å². The summed E-state index contributed by atoms with van der Waals surface area (Å²) in [6.07, 6.45) is 3.42. The lowest BCUT2D eigenvalue weighted by atomic mass is 10.1. The number of fused-ring (bicyclic) bond motifs is 1. The van der Waals surface area contributed by atoms with E-state index in [4.69, 9.17) is 0 Å². The van der Waals surface area contributed by atoms with Crippen LogP contribution in [-0.2, 0) is 6.42 Å². The number of likely N-dealkylation sites (N-methyl/N-ethyl adjacent to an activating group) is 1. The first kappa shape index (κ1) is 10.7. The molecule has 0 atom stereocenters. The molecule has 0 bridgehead atoms. The molecule has 1 heterocycles. The maximum Gasteiger partial charge on any atom is 0.0397 e. The molecule has 2 rings (SSSR count). The molecule has 0 saturated heterocycles. The number of allylic oxidation sites excluding steroid dienone is 1. The van der Waals surface area contributed by atoms with Crippen LogP contribution in [0.4, 0.5) is 5.69 Å². The lowest BCUT2D eigenvalue weighted by Gasteiger charge is -2.11. The van der Waals surface area contributed by atoms with Crippen molar-refractivity contribution >= 4 is 27.7 Å². The van der Waals surface area contributed by atoms with Gasteiger partial charge in [-0.2, -0.15) is 0 Å². The normalized spacial score (nSPS) is 15.7. The van der Waals surface area contributed by atoms with Gasteiger partial charge >= 0.3 is 0 Å². The molecule has 0 amide bonds. The monoisotopic (exact) mass is 265 g/mol. The van der Waals surface area contributed by atoms with Crippen molar-refractivity contribution < 1.29 is 0 Å². The van der Waals surface area contributed by atoms with E-state index in [2.05, 4.69) is 59.1 Å². The van der Waals surface area contributed by atoms with Crippen molar-refractivity contribution in [1.82, 2.24) is 0 Å². The highest BCUT2D eigenvalue weighted by Crippen LogP contribution is 2.28. The van der Waals surface area contributed by atoms with Crippen LogP contribution in [0.25, 0.3) is 6.08 Å². The zero-order chi connectivity index (χ0) is 10.8. The van der Waals surface area contributed by atoms with E-state index in [0.717, 1.165) is 11.9 Å². The Kier molecular flexibility index (Phi) is 3.15. The third-order valence-electron chi connectivity index (χ3n) is 2.86. The fourth-order valence-corrected chi connectivity index (χ4v) is 2.16. The predicted molar refractivity (Wildman–Crippen MR) is 70.9 cm³/mol. The molecule has 0 fully saturated rings. The molecule has 1 aliphatic heterocycles. The largest absolute Gasteiger partial charge is 0.374 e. The van der Waals surface area contributed by atoms with Crippen molar-refractivity contribution in [2.75, 3.05) is 23.8 Å². The van der Waals surface area contributed by atoms with Gasteiger partial charge in [0.05, 0.1) is 0 Å². The minimum absolute atomic E-state index is 0.948. The van der Waals surface area contributed by atoms with Gasteiger partial charge in [0.1, 0.15) is 0 Å². The highest BCUT2D eigenvalue weighted by molar-refractivity contribution is 9.09. The van der Waals surface area contributed by atoms with Gasteiger partial charge in [-0.05, 0) is 36.6 Å². The molecule has 0 radical (unpaired) electrons. The summed E-state index contributed by atoms with van der Waals surface area (Å²) in [5.41, 5.74) is 5.56. The third kappa shape index (κ3) is 2.25. The summed E-state index contributed by atoms with van der Waals surface area (Å²) in [4.78, 5) is 2.32. The number of hydrogen-bond acceptors (Lipinski definition) is 1. The van der Waals surface area contributed by atoms with E-state index in [1.165, 1.54) is 28.8 Å². The van der Waals surface area contributed by atoms with Crippen LogP contribution in [0, 0.1) is 0 Å². The summed E-state index contributed by atoms with van der Waals surface area (Å²) >= 11 is 3.47. The molecule has 80 valence electrons. The van der Waals surface area contributed by atoms with Crippen molar-refractivity contribution in [3.63, 3.8) is 0 Å². The summed E-state index contributed by atoms with van der Waals surface area (Å²) in [6, 6.07) is 6.74. The van der Waals surface area contributed by atoms with Gasteiger partial charge in [0.15, 0.2) is 0 Å². The second-order valence-electron chi connectivity index (χ2n) is 4.18. The fourth-order valence-electron chi connectivity index (χ4n) is 2.00. The molecule has 1 aromatic rings. The van der Waals surface area contributed by atoms with Crippen molar-refractivity contribution in [2.24, 2.45) is 0 Å². The summed E-state index contributed by atoms with van der Waals surface area (Å²) < 4.78 is 0. The molecule has 1 aromatic carbocycles. The fraction of sp³-hybridized carbons (Fsp3) is 0.385. The van der Waals surface area contributed by atoms with Crippen molar-refractivity contribution in [1.29, 1.82) is 0 Å². The molecule has 0 N–H and O–H groups in total. The highest BCUT2D eigenvalue weighted by Gasteiger charge is 2.14. The van der Waals surface area contributed by atoms with Crippen LogP contribution in [-0.4, -0.2) is 18.9 Å². The quantitative estimate of drug-likeness (QED) is 0.741. The maximum atomic E-state index is 3.47. The van der Waals surface area contributed by atoms with Crippen LogP contribution in [0.1, 0.15) is 18.1 Å². The molecular formula is C13H16BrN. The average Bonchev–Trinajstić information content (AvgIpc) is 2.60. The maximum absolute atomic E-state index is 3.47. The number of rotatable bonds is 2. The van der Waals surface area contributed by atoms with Crippen LogP contribution in [0.2, 0.25) is 0 Å². The van der Waals surface area contributed by atoms with Crippen molar-refractivity contribution in [3.05, 3.63) is 34.9 Å². The Morgan fingerprint density at radius 1 is 1.53 bits per heavy atom. The van der Waals surface area contributed by atoms with Crippen LogP contribution >= 0.6 is 15.9 Å². The summed E-state index contributed by atoms with van der Waals surface area (Å²) in [7, 11) is 2.16. The van der Waals surface area contributed by atoms with Crippen LogP contribution in [0.5, 0.6) is 0 Å². The van der Waals surface area contributed by atoms with Gasteiger partial charge in [-0.15, -0.1) is 0 Å². The minimum atomic E-state index is 0.948. The molecule has 0 saturated carbocycles. The van der Waals surface area contributed by atoms with Gasteiger partial charge in [0, 0.05) is 24.6 Å². The third-order valence-corrected chi connectivity index (χ3v) is 3.74. The van der Waals surface area contributed by atoms with E-state index in [0.29, 0.717) is 0 Å². The summed E-state index contributed by atoms with van der Waals surface area (Å²) in [6.45, 7) is 3.30. The van der Waals surface area contributed by atoms with E-state index >= 15 is 0 Å². The topological polar surface area (TPSA) is 3.24 Å². The lowest BCUT2D eigenvalue weighted by Crippen LogP contribution is -2.12. The van der Waals surface area contributed by atoms with Gasteiger partial charge in [-0.1, -0.05) is 33.6 Å². The summed E-state index contributed by atoms with van der Waals surface area (Å²) in [5.74, 6) is 0. The summed E-state index contributed by atoms with van der Waals surface area (Å²) in [5, 5.41) is 0.948. The molecular weight excluding hydrogens is 250 g/mol. The first-order chi connectivity index (χ1) is 7.20. The van der Waals surface area contributed by atoms with Gasteiger partial charge in [-0.3, -0.25) is 0 Å². The Morgan fingerprint density at radius 2 is 2.33 bits per heavy atom. The van der Waals surface area contributed by atoms with Crippen molar-refractivity contribution in [3.8, 4) is 0 Å². The number of anilines is 1. The molecule has 1 aliphatic rings. The van der Waals surface area contributed by atoms with Crippen molar-refractivity contribution in [2.45, 2.75) is 13.3 Å². The van der Waals surface area contributed by atoms with Gasteiger partial charge in [0.2, 0.25) is 0 Å². The minimum Gasteiger partial charge on any atom is -0.374 e. The lowest BCUT2D eigenvalue weighted by molar-refractivity contribution is 0.956. The highest BCUT2D eigenvalue weighted by atomic mass is 79.9. The molecule has 1 nitrogen and oxygen atoms in total. The van der Waals surface area contributed by atoms with E-state index in [1.807, 2.05) is 0 Å². The standard InChI is InChI=1S/C13H16BrN/c1-10(9-14)7-11-3-4-13-12(8-11)5-6-15(13)2/h3-4,7-8H,5-6,9H2,1-2H3. The van der Waals surface area contributed by atoms with E-state index in [9.17, 15) is 0 Å². The van der Waals surface area contributed by atoms with Gasteiger partial charge < -0.3 is 4.90 Å². The Bertz CT molecular complexity index is 396. The molecule has 0 spiro atoms. The number of nitrogens with zero attached hydrogens (tertiary/aromatic N) is 1. The zero-order valence-corrected chi connectivity index (χ0v) is 10.8. The zero-order valence-electron chi connectivity index (χ0n) is 9.26. The second-order valence-corrected chi connectivity index (χ2v) is 4.74. The number of hydrogen-bond donors (Lipinski definition) is 0. The van der Waals surface area contributed by atoms with Crippen LogP contribution in [0.15, 0.2) is 23.8 Å². The molecule has 0 aliphatic carbocycles. The molecule has 0 aromatic heterocycles. The predicted octanol–water partition coefficient (Wildman–Crippen LogP) is 3.48. The Morgan fingerprint density at radius 3 is 3.07 bits per heavy atom. The van der Waals surface area contributed by atoms with E-state index < -0.39 is 0 Å². The number of halogens is 1. The Hall–Kier alpha value is -0.760. The number of alkyl halides is 1. The van der Waals surface area contributed by atoms with Gasteiger partial charge in [-0.25, -0.2) is 0 Å². The Balaban J connectivity index is 2.31. The second kappa shape index (κ2) is 4.40. The average molecular weight is 266 g/mol. The molecule has 15 heavy (non-hydrogen) atoms. The first-order valence-corrected chi connectivity index (χ1v) is 6.40. The first-order valence-electron chi connectivity index (χ1n) is 5.28. The van der Waals surface area contributed by atoms with Crippen LogP contribution < -0.4 is 4.90 Å². The van der Waals surface area contributed by atoms with Gasteiger partial charge in [0.25, 0.3) is 0 Å². The number of benzene rings is 1. The van der Waals surface area contributed by atoms with E-state index in [-0.39, 0.29) is 0 Å². The van der Waals surface area contributed by atoms with Crippen LogP contribution in [0.3, 0.4) is 0 Å². The van der Waals surface area contributed by atoms with E-state index in [1.54, 1.807) is 0 Å². The smallest absolute Gasteiger partial charge is 0.0397 e. The SMILES string of the molecule is CC(=Cc1ccc2c(c1)CCN2C)CBr. The molecule has 2 heteroatoms. The molecule has 0 unspecified atom stereocenters.